The highest BCUT2D eigenvalue weighted by Gasteiger charge is 2.39. The van der Waals surface area contributed by atoms with Crippen LogP contribution >= 0.6 is 0 Å². The molecule has 0 saturated heterocycles. The van der Waals surface area contributed by atoms with Gasteiger partial charge in [0.15, 0.2) is 0 Å². The number of nitrogens with zero attached hydrogens (tertiary/aromatic N) is 3. The first-order valence-electron chi connectivity index (χ1n) is 7.36. The van der Waals surface area contributed by atoms with E-state index in [0.717, 1.165) is 0 Å². The quantitative estimate of drug-likeness (QED) is 0.325. The predicted octanol–water partition coefficient (Wildman–Crippen LogP) is 2.54. The van der Waals surface area contributed by atoms with Gasteiger partial charge < -0.3 is 15.9 Å². The molecule has 0 aliphatic carbocycles. The maximum Gasteiger partial charge on any atom is 0.324 e. The Labute approximate surface area is 126 Å². The van der Waals surface area contributed by atoms with E-state index in [1.54, 1.807) is 13.8 Å². The van der Waals surface area contributed by atoms with Gasteiger partial charge in [0.1, 0.15) is 5.54 Å². The van der Waals surface area contributed by atoms with E-state index in [1.165, 1.54) is 0 Å². The minimum Gasteiger partial charge on any atom is -0.480 e. The Hall–Kier alpha value is -1.30. The van der Waals surface area contributed by atoms with Gasteiger partial charge >= 0.3 is 5.97 Å². The Bertz CT molecular complexity index is 380. The molecular formula is C14H28N4O3. The molecule has 0 aromatic rings. The van der Waals surface area contributed by atoms with E-state index in [-0.39, 0.29) is 18.3 Å². The van der Waals surface area contributed by atoms with Crippen molar-refractivity contribution in [1.29, 1.82) is 0 Å². The Morgan fingerprint density at radius 2 is 1.90 bits per heavy atom. The summed E-state index contributed by atoms with van der Waals surface area (Å²) in [4.78, 5) is 14.1. The van der Waals surface area contributed by atoms with E-state index in [2.05, 4.69) is 10.0 Å². The number of carboxylic acids is 1. The van der Waals surface area contributed by atoms with Gasteiger partial charge in [0.2, 0.25) is 0 Å². The molecule has 0 aromatic carbocycles. The number of aliphatic hydroxyl groups is 1. The van der Waals surface area contributed by atoms with Crippen molar-refractivity contribution in [2.75, 3.05) is 6.54 Å². The molecule has 0 radical (unpaired) electrons. The zero-order chi connectivity index (χ0) is 16.6. The van der Waals surface area contributed by atoms with Crippen LogP contribution in [-0.4, -0.2) is 34.4 Å². The molecule has 0 bridgehead atoms. The van der Waals surface area contributed by atoms with Gasteiger partial charge in [-0.3, -0.25) is 4.79 Å². The highest BCUT2D eigenvalue weighted by molar-refractivity contribution is 5.78. The first kappa shape index (κ1) is 19.7. The van der Waals surface area contributed by atoms with Crippen molar-refractivity contribution in [2.24, 2.45) is 28.6 Å². The fourth-order valence-electron chi connectivity index (χ4n) is 2.25. The highest BCUT2D eigenvalue weighted by atomic mass is 16.4. The van der Waals surface area contributed by atoms with Gasteiger partial charge in [-0.2, -0.15) is 0 Å². The number of aliphatic hydroxyl groups excluding tert-OH is 1. The van der Waals surface area contributed by atoms with Crippen LogP contribution in [0.3, 0.4) is 0 Å². The Morgan fingerprint density at radius 1 is 1.33 bits per heavy atom. The molecule has 0 aliphatic rings. The molecule has 3 atom stereocenters. The second-order valence-electron chi connectivity index (χ2n) is 6.35. The van der Waals surface area contributed by atoms with Crippen molar-refractivity contribution in [2.45, 2.75) is 58.6 Å². The molecule has 122 valence electrons. The minimum atomic E-state index is -1.42. The van der Waals surface area contributed by atoms with Crippen LogP contribution in [0.4, 0.5) is 0 Å². The summed E-state index contributed by atoms with van der Waals surface area (Å²) in [5, 5.41) is 22.9. The molecular weight excluding hydrogens is 272 g/mol. The van der Waals surface area contributed by atoms with Gasteiger partial charge in [-0.1, -0.05) is 32.8 Å². The normalized spacial score (nSPS) is 17.1. The number of carbonyl (C=O) groups is 1. The fraction of sp³-hybridized carbons (Fsp3) is 0.929. The molecule has 7 nitrogen and oxygen atoms in total. The summed E-state index contributed by atoms with van der Waals surface area (Å²) in [7, 11) is 0. The van der Waals surface area contributed by atoms with E-state index >= 15 is 0 Å². The van der Waals surface area contributed by atoms with Gasteiger partial charge in [0.05, 0.1) is 6.10 Å². The summed E-state index contributed by atoms with van der Waals surface area (Å²) >= 11 is 0. The molecule has 0 spiro atoms. The average molecular weight is 300 g/mol. The van der Waals surface area contributed by atoms with Crippen LogP contribution in [0.25, 0.3) is 10.4 Å². The molecule has 21 heavy (non-hydrogen) atoms. The summed E-state index contributed by atoms with van der Waals surface area (Å²) in [6.07, 6.45) is 0.363. The van der Waals surface area contributed by atoms with Crippen molar-refractivity contribution in [3.8, 4) is 0 Å². The lowest BCUT2D eigenvalue weighted by atomic mass is 9.80. The lowest BCUT2D eigenvalue weighted by molar-refractivity contribution is -0.146. The number of hydrogen-bond donors (Lipinski definition) is 3. The molecule has 0 heterocycles. The van der Waals surface area contributed by atoms with Gasteiger partial charge in [0.25, 0.3) is 0 Å². The van der Waals surface area contributed by atoms with Crippen LogP contribution in [0, 0.1) is 17.8 Å². The average Bonchev–Trinajstić information content (AvgIpc) is 2.37. The third-order valence-electron chi connectivity index (χ3n) is 4.19. The Balaban J connectivity index is 4.57. The smallest absolute Gasteiger partial charge is 0.324 e. The highest BCUT2D eigenvalue weighted by Crippen LogP contribution is 2.25. The molecule has 7 heteroatoms. The zero-order valence-corrected chi connectivity index (χ0v) is 13.4. The van der Waals surface area contributed by atoms with Crippen LogP contribution in [0.5, 0.6) is 0 Å². The Morgan fingerprint density at radius 3 is 2.29 bits per heavy atom. The minimum absolute atomic E-state index is 0.0202. The molecule has 0 fully saturated rings. The topological polar surface area (TPSA) is 132 Å². The first-order chi connectivity index (χ1) is 9.65. The molecule has 0 aliphatic heterocycles. The van der Waals surface area contributed by atoms with Crippen molar-refractivity contribution < 1.29 is 15.0 Å². The van der Waals surface area contributed by atoms with E-state index in [0.29, 0.717) is 25.3 Å². The van der Waals surface area contributed by atoms with Crippen molar-refractivity contribution in [1.82, 2.24) is 0 Å². The number of hydrogen-bond acceptors (Lipinski definition) is 4. The lowest BCUT2D eigenvalue weighted by Gasteiger charge is -2.31. The van der Waals surface area contributed by atoms with Gasteiger partial charge in [-0.15, -0.1) is 0 Å². The zero-order valence-electron chi connectivity index (χ0n) is 13.4. The molecule has 0 aromatic heterocycles. The molecule has 0 amide bonds. The molecule has 0 saturated carbocycles. The second kappa shape index (κ2) is 8.87. The second-order valence-corrected chi connectivity index (χ2v) is 6.35. The van der Waals surface area contributed by atoms with Gasteiger partial charge in [0, 0.05) is 17.9 Å². The van der Waals surface area contributed by atoms with Crippen LogP contribution in [0.1, 0.15) is 47.0 Å². The van der Waals surface area contributed by atoms with Crippen molar-refractivity contribution >= 4 is 5.97 Å². The van der Waals surface area contributed by atoms with Crippen LogP contribution in [0.15, 0.2) is 5.11 Å². The molecule has 4 N–H and O–H groups in total. The largest absolute Gasteiger partial charge is 0.480 e. The van der Waals surface area contributed by atoms with E-state index < -0.39 is 17.6 Å². The van der Waals surface area contributed by atoms with Gasteiger partial charge in [-0.05, 0) is 36.1 Å². The number of nitrogens with two attached hydrogens (primary N) is 1. The monoisotopic (exact) mass is 300 g/mol. The standard InChI is InChI=1S/C14H28N4O3/c1-9(2)11(8-17-18-16)5-6-12(19)7-14(15,10(3)4)13(20)21/h9-12,19H,5-8,15H2,1-4H3,(H,20,21). The summed E-state index contributed by atoms with van der Waals surface area (Å²) in [6.45, 7) is 7.92. The van der Waals surface area contributed by atoms with E-state index in [4.69, 9.17) is 11.3 Å². The van der Waals surface area contributed by atoms with Crippen LogP contribution in [0.2, 0.25) is 0 Å². The van der Waals surface area contributed by atoms with Gasteiger partial charge in [-0.25, -0.2) is 0 Å². The maximum absolute atomic E-state index is 11.3. The summed E-state index contributed by atoms with van der Waals surface area (Å²) < 4.78 is 0. The third kappa shape index (κ3) is 6.33. The third-order valence-corrected chi connectivity index (χ3v) is 4.19. The fourth-order valence-corrected chi connectivity index (χ4v) is 2.25. The van der Waals surface area contributed by atoms with Crippen molar-refractivity contribution in [3.05, 3.63) is 10.4 Å². The summed E-state index contributed by atoms with van der Waals surface area (Å²) in [5.74, 6) is -0.860. The molecule has 0 rings (SSSR count). The molecule has 3 unspecified atom stereocenters. The summed E-state index contributed by atoms with van der Waals surface area (Å²) in [6, 6.07) is 0. The first-order valence-corrected chi connectivity index (χ1v) is 7.36. The van der Waals surface area contributed by atoms with Crippen LogP contribution < -0.4 is 5.73 Å². The van der Waals surface area contributed by atoms with E-state index in [9.17, 15) is 15.0 Å². The predicted molar refractivity (Wildman–Crippen MR) is 81.6 cm³/mol. The maximum atomic E-state index is 11.3. The number of aliphatic carboxylic acids is 1. The summed E-state index contributed by atoms with van der Waals surface area (Å²) in [5.41, 5.74) is 12.9. The van der Waals surface area contributed by atoms with E-state index in [1.807, 2.05) is 13.8 Å². The van der Waals surface area contributed by atoms with Crippen molar-refractivity contribution in [3.63, 3.8) is 0 Å². The number of azide groups is 1. The number of carboxylic acid groups (broad SMARTS) is 1. The lowest BCUT2D eigenvalue weighted by Crippen LogP contribution is -2.54. The number of rotatable bonds is 10. The Kier molecular flexibility index (Phi) is 8.32. The van der Waals surface area contributed by atoms with Crippen LogP contribution in [-0.2, 0) is 4.79 Å². The SMILES string of the molecule is CC(C)C(CCC(O)CC(N)(C(=O)O)C(C)C)CN=[N+]=[N-].